The summed E-state index contributed by atoms with van der Waals surface area (Å²) in [6.07, 6.45) is 5.44. The lowest BCUT2D eigenvalue weighted by Gasteiger charge is -2.47. The van der Waals surface area contributed by atoms with Crippen molar-refractivity contribution in [1.29, 1.82) is 0 Å². The van der Waals surface area contributed by atoms with Gasteiger partial charge in [-0.15, -0.1) is 0 Å². The fourth-order valence-corrected chi connectivity index (χ4v) is 4.43. The Kier molecular flexibility index (Phi) is 6.31. The molecule has 4 nitrogen and oxygen atoms in total. The fourth-order valence-electron chi connectivity index (χ4n) is 4.43. The lowest BCUT2D eigenvalue weighted by Crippen LogP contribution is -2.53. The molecule has 5 heteroatoms. The lowest BCUT2D eigenvalue weighted by molar-refractivity contribution is -0.0118. The van der Waals surface area contributed by atoms with E-state index in [1.54, 1.807) is 7.11 Å². The van der Waals surface area contributed by atoms with Crippen LogP contribution in [0.4, 0.5) is 10.1 Å². The van der Waals surface area contributed by atoms with E-state index in [-0.39, 0.29) is 17.8 Å². The molecule has 2 saturated heterocycles. The SMILES string of the molecule is COCC[C@@]1(CO)CCCN(C2CCN(c3ccc(F)cc3)CC2)C1. The molecule has 2 aliphatic rings. The van der Waals surface area contributed by atoms with Crippen molar-refractivity contribution in [3.63, 3.8) is 0 Å². The van der Waals surface area contributed by atoms with Crippen LogP contribution < -0.4 is 4.90 Å². The van der Waals surface area contributed by atoms with Crippen LogP contribution in [-0.2, 0) is 4.74 Å². The van der Waals surface area contributed by atoms with Crippen molar-refractivity contribution in [3.05, 3.63) is 30.1 Å². The molecule has 0 aliphatic carbocycles. The number of likely N-dealkylation sites (tertiary alicyclic amines) is 1. The molecule has 0 radical (unpaired) electrons. The largest absolute Gasteiger partial charge is 0.396 e. The first-order valence-corrected chi connectivity index (χ1v) is 9.50. The number of hydrogen-bond acceptors (Lipinski definition) is 4. The van der Waals surface area contributed by atoms with E-state index in [0.717, 1.165) is 70.6 Å². The molecule has 1 aromatic carbocycles. The summed E-state index contributed by atoms with van der Waals surface area (Å²) in [6, 6.07) is 7.41. The normalized spacial score (nSPS) is 26.1. The zero-order valence-corrected chi connectivity index (χ0v) is 15.3. The molecule has 140 valence electrons. The lowest BCUT2D eigenvalue weighted by atomic mass is 9.77. The van der Waals surface area contributed by atoms with Gasteiger partial charge < -0.3 is 14.7 Å². The minimum absolute atomic E-state index is 0.00233. The number of hydrogen-bond donors (Lipinski definition) is 1. The number of halogens is 1. The van der Waals surface area contributed by atoms with Crippen molar-refractivity contribution in [3.8, 4) is 0 Å². The topological polar surface area (TPSA) is 35.9 Å². The van der Waals surface area contributed by atoms with E-state index in [0.29, 0.717) is 6.04 Å². The van der Waals surface area contributed by atoms with Crippen LogP contribution in [-0.4, -0.2) is 62.6 Å². The molecule has 0 spiro atoms. The first-order valence-electron chi connectivity index (χ1n) is 9.50. The molecule has 0 unspecified atom stereocenters. The number of ether oxygens (including phenoxy) is 1. The van der Waals surface area contributed by atoms with E-state index in [1.165, 1.54) is 12.1 Å². The Morgan fingerprint density at radius 1 is 1.20 bits per heavy atom. The molecule has 0 amide bonds. The minimum atomic E-state index is -0.177. The van der Waals surface area contributed by atoms with Gasteiger partial charge in [0.05, 0.1) is 6.61 Å². The van der Waals surface area contributed by atoms with E-state index in [2.05, 4.69) is 9.80 Å². The van der Waals surface area contributed by atoms with Gasteiger partial charge in [0.2, 0.25) is 0 Å². The Morgan fingerprint density at radius 2 is 1.92 bits per heavy atom. The maximum Gasteiger partial charge on any atom is 0.123 e. The molecule has 2 fully saturated rings. The number of nitrogens with zero attached hydrogens (tertiary/aromatic N) is 2. The monoisotopic (exact) mass is 350 g/mol. The van der Waals surface area contributed by atoms with Crippen LogP contribution in [0.2, 0.25) is 0 Å². The molecule has 2 heterocycles. The van der Waals surface area contributed by atoms with Gasteiger partial charge in [-0.1, -0.05) is 0 Å². The predicted molar refractivity (Wildman–Crippen MR) is 98.5 cm³/mol. The van der Waals surface area contributed by atoms with Crippen LogP contribution in [0.1, 0.15) is 32.1 Å². The second-order valence-corrected chi connectivity index (χ2v) is 7.67. The van der Waals surface area contributed by atoms with Crippen LogP contribution in [0.5, 0.6) is 0 Å². The highest BCUT2D eigenvalue weighted by Gasteiger charge is 2.37. The summed E-state index contributed by atoms with van der Waals surface area (Å²) in [6.45, 7) is 5.11. The maximum atomic E-state index is 13.1. The molecular formula is C20H31FN2O2. The third-order valence-corrected chi connectivity index (χ3v) is 6.04. The quantitative estimate of drug-likeness (QED) is 0.856. The number of methoxy groups -OCH3 is 1. The van der Waals surface area contributed by atoms with Gasteiger partial charge in [0.15, 0.2) is 0 Å². The molecule has 0 saturated carbocycles. The van der Waals surface area contributed by atoms with Crippen LogP contribution in [0.15, 0.2) is 24.3 Å². The third kappa shape index (κ3) is 4.52. The van der Waals surface area contributed by atoms with Crippen LogP contribution in [0.25, 0.3) is 0 Å². The van der Waals surface area contributed by atoms with Gasteiger partial charge in [-0.25, -0.2) is 4.39 Å². The molecule has 1 aromatic rings. The Hall–Kier alpha value is -1.17. The van der Waals surface area contributed by atoms with Crippen molar-refractivity contribution in [2.45, 2.75) is 38.1 Å². The average molecular weight is 350 g/mol. The second-order valence-electron chi connectivity index (χ2n) is 7.67. The Morgan fingerprint density at radius 3 is 2.56 bits per heavy atom. The summed E-state index contributed by atoms with van der Waals surface area (Å²) >= 11 is 0. The van der Waals surface area contributed by atoms with Gasteiger partial charge in [0, 0.05) is 50.5 Å². The molecule has 0 aromatic heterocycles. The van der Waals surface area contributed by atoms with Crippen molar-refractivity contribution < 1.29 is 14.2 Å². The van der Waals surface area contributed by atoms with Crippen molar-refractivity contribution in [1.82, 2.24) is 4.90 Å². The molecule has 1 atom stereocenters. The molecule has 3 rings (SSSR count). The van der Waals surface area contributed by atoms with E-state index in [4.69, 9.17) is 4.74 Å². The Labute approximate surface area is 150 Å². The maximum absolute atomic E-state index is 13.1. The number of rotatable bonds is 6. The molecule has 2 aliphatic heterocycles. The summed E-state index contributed by atoms with van der Waals surface area (Å²) in [5.74, 6) is -0.177. The van der Waals surface area contributed by atoms with E-state index < -0.39 is 0 Å². The summed E-state index contributed by atoms with van der Waals surface area (Å²) in [5, 5.41) is 9.98. The zero-order chi connectivity index (χ0) is 17.7. The van der Waals surface area contributed by atoms with Gasteiger partial charge >= 0.3 is 0 Å². The van der Waals surface area contributed by atoms with Gasteiger partial charge in [0.1, 0.15) is 5.82 Å². The number of aliphatic hydroxyl groups excluding tert-OH is 1. The van der Waals surface area contributed by atoms with E-state index in [1.807, 2.05) is 12.1 Å². The number of benzene rings is 1. The highest BCUT2D eigenvalue weighted by Crippen LogP contribution is 2.35. The van der Waals surface area contributed by atoms with Gasteiger partial charge in [-0.2, -0.15) is 0 Å². The highest BCUT2D eigenvalue weighted by atomic mass is 19.1. The minimum Gasteiger partial charge on any atom is -0.396 e. The fraction of sp³-hybridized carbons (Fsp3) is 0.700. The van der Waals surface area contributed by atoms with E-state index >= 15 is 0 Å². The number of anilines is 1. The number of aliphatic hydroxyl groups is 1. The summed E-state index contributed by atoms with van der Waals surface area (Å²) in [4.78, 5) is 4.95. The number of piperidine rings is 2. The molecule has 1 N–H and O–H groups in total. The van der Waals surface area contributed by atoms with Gasteiger partial charge in [-0.3, -0.25) is 4.90 Å². The predicted octanol–water partition coefficient (Wildman–Crippen LogP) is 2.91. The van der Waals surface area contributed by atoms with Gasteiger partial charge in [-0.05, 0) is 62.9 Å². The van der Waals surface area contributed by atoms with E-state index in [9.17, 15) is 9.50 Å². The Bertz CT molecular complexity index is 531. The summed E-state index contributed by atoms with van der Waals surface area (Å²) in [5.41, 5.74) is 1.12. The molecular weight excluding hydrogens is 319 g/mol. The summed E-state index contributed by atoms with van der Waals surface area (Å²) < 4.78 is 18.4. The van der Waals surface area contributed by atoms with Crippen LogP contribution in [0, 0.1) is 11.2 Å². The average Bonchev–Trinajstić information content (AvgIpc) is 2.67. The van der Waals surface area contributed by atoms with Crippen LogP contribution >= 0.6 is 0 Å². The molecule has 0 bridgehead atoms. The smallest absolute Gasteiger partial charge is 0.123 e. The third-order valence-electron chi connectivity index (χ3n) is 6.04. The highest BCUT2D eigenvalue weighted by molar-refractivity contribution is 5.46. The van der Waals surface area contributed by atoms with Crippen LogP contribution in [0.3, 0.4) is 0 Å². The first-order chi connectivity index (χ1) is 12.2. The van der Waals surface area contributed by atoms with Crippen molar-refractivity contribution in [2.24, 2.45) is 5.41 Å². The first kappa shape index (κ1) is 18.6. The van der Waals surface area contributed by atoms with Gasteiger partial charge in [0.25, 0.3) is 0 Å². The van der Waals surface area contributed by atoms with Crippen molar-refractivity contribution in [2.75, 3.05) is 51.4 Å². The van der Waals surface area contributed by atoms with Crippen molar-refractivity contribution >= 4 is 5.69 Å². The standard InChI is InChI=1S/C20H31FN2O2/c1-25-14-10-20(16-24)9-2-11-23(15-20)19-7-12-22(13-8-19)18-5-3-17(21)4-6-18/h3-6,19,24H,2,7-16H2,1H3/t20-/m0/s1. The second kappa shape index (κ2) is 8.47. The Balaban J connectivity index is 1.56. The zero-order valence-electron chi connectivity index (χ0n) is 15.3. The summed E-state index contributed by atoms with van der Waals surface area (Å²) in [7, 11) is 1.73. The molecule has 25 heavy (non-hydrogen) atoms.